The fourth-order valence-corrected chi connectivity index (χ4v) is 1.95. The molecule has 1 aromatic carbocycles. The van der Waals surface area contributed by atoms with Crippen molar-refractivity contribution in [1.82, 2.24) is 4.98 Å². The lowest BCUT2D eigenvalue weighted by molar-refractivity contribution is -0.138. The van der Waals surface area contributed by atoms with Crippen molar-refractivity contribution in [2.45, 2.75) is 13.0 Å². The number of carboxylic acids is 1. The lowest BCUT2D eigenvalue weighted by Crippen LogP contribution is -2.39. The van der Waals surface area contributed by atoms with E-state index in [2.05, 4.69) is 11.6 Å². The number of nitrogens with one attached hydrogen (secondary N) is 1. The zero-order valence-electron chi connectivity index (χ0n) is 10.3. The average molecular weight is 244 g/mol. The molecule has 2 rings (SSSR count). The summed E-state index contributed by atoms with van der Waals surface area (Å²) in [6.07, 6.45) is 1.70. The molecule has 0 amide bonds. The Kier molecular flexibility index (Phi) is 3.37. The number of hydrogen-bond donors (Lipinski definition) is 2. The van der Waals surface area contributed by atoms with Gasteiger partial charge in [-0.25, -0.2) is 4.79 Å². The zero-order valence-corrected chi connectivity index (χ0v) is 10.3. The number of aliphatic carboxylic acids is 1. The molecule has 0 saturated heterocycles. The van der Waals surface area contributed by atoms with E-state index in [1.54, 1.807) is 17.9 Å². The van der Waals surface area contributed by atoms with E-state index < -0.39 is 12.0 Å². The molecule has 0 spiro atoms. The van der Waals surface area contributed by atoms with E-state index in [1.165, 1.54) is 0 Å². The predicted molar refractivity (Wildman–Crippen MR) is 72.9 cm³/mol. The Morgan fingerprint density at radius 3 is 2.89 bits per heavy atom. The molecule has 0 saturated carbocycles. The van der Waals surface area contributed by atoms with Crippen LogP contribution in [0.5, 0.6) is 0 Å². The van der Waals surface area contributed by atoms with E-state index in [9.17, 15) is 4.79 Å². The van der Waals surface area contributed by atoms with Crippen LogP contribution < -0.4 is 4.90 Å². The van der Waals surface area contributed by atoms with Gasteiger partial charge in [-0.15, -0.1) is 6.58 Å². The predicted octanol–water partition coefficient (Wildman–Crippen LogP) is 2.63. The minimum absolute atomic E-state index is 0.486. The topological polar surface area (TPSA) is 56.3 Å². The molecule has 0 bridgehead atoms. The van der Waals surface area contributed by atoms with Crippen molar-refractivity contribution >= 4 is 22.7 Å². The fourth-order valence-electron chi connectivity index (χ4n) is 1.95. The molecule has 0 aliphatic carbocycles. The number of fused-ring (bicyclic) bond motifs is 1. The van der Waals surface area contributed by atoms with E-state index in [0.717, 1.165) is 16.7 Å². The number of benzene rings is 1. The van der Waals surface area contributed by atoms with Crippen molar-refractivity contribution in [3.63, 3.8) is 0 Å². The molecule has 0 unspecified atom stereocenters. The molecule has 1 aromatic heterocycles. The summed E-state index contributed by atoms with van der Waals surface area (Å²) in [5, 5.41) is 10.2. The highest BCUT2D eigenvalue weighted by Gasteiger charge is 2.21. The van der Waals surface area contributed by atoms with Crippen LogP contribution in [0, 0.1) is 0 Å². The van der Waals surface area contributed by atoms with Gasteiger partial charge in [-0.3, -0.25) is 0 Å². The minimum Gasteiger partial charge on any atom is -0.480 e. The molecule has 1 atom stereocenters. The van der Waals surface area contributed by atoms with E-state index in [0.29, 0.717) is 6.54 Å². The standard InChI is InChI=1S/C14H16N2O2/c1-3-8-16(10(2)14(17)18)13-9-11-6-4-5-7-12(11)15-13/h3-7,9-10,15H,1,8H2,2H3,(H,17,18)/t10-/m0/s1. The summed E-state index contributed by atoms with van der Waals surface area (Å²) >= 11 is 0. The zero-order chi connectivity index (χ0) is 13.1. The summed E-state index contributed by atoms with van der Waals surface area (Å²) in [6, 6.07) is 9.22. The summed E-state index contributed by atoms with van der Waals surface area (Å²) in [4.78, 5) is 16.1. The van der Waals surface area contributed by atoms with Crippen LogP contribution in [0.4, 0.5) is 5.82 Å². The van der Waals surface area contributed by atoms with Crippen molar-refractivity contribution in [3.05, 3.63) is 43.0 Å². The van der Waals surface area contributed by atoms with Gasteiger partial charge in [0.2, 0.25) is 0 Å². The molecule has 0 aliphatic heterocycles. The number of carboxylic acid groups (broad SMARTS) is 1. The van der Waals surface area contributed by atoms with E-state index in [-0.39, 0.29) is 0 Å². The number of rotatable bonds is 5. The number of carbonyl (C=O) groups is 1. The third-order valence-electron chi connectivity index (χ3n) is 2.98. The smallest absolute Gasteiger partial charge is 0.326 e. The molecule has 0 fully saturated rings. The highest BCUT2D eigenvalue weighted by Crippen LogP contribution is 2.23. The van der Waals surface area contributed by atoms with Crippen molar-refractivity contribution in [3.8, 4) is 0 Å². The fraction of sp³-hybridized carbons (Fsp3) is 0.214. The molecule has 2 N–H and O–H groups in total. The first-order valence-corrected chi connectivity index (χ1v) is 5.81. The number of anilines is 1. The van der Waals surface area contributed by atoms with Gasteiger partial charge in [-0.1, -0.05) is 24.3 Å². The molecular weight excluding hydrogens is 228 g/mol. The SMILES string of the molecule is C=CCN(c1cc2ccccc2[nH]1)[C@@H](C)C(=O)O. The Hall–Kier alpha value is -2.23. The molecule has 18 heavy (non-hydrogen) atoms. The maximum atomic E-state index is 11.1. The van der Waals surface area contributed by atoms with Crippen LogP contribution in [-0.4, -0.2) is 28.6 Å². The molecule has 1 heterocycles. The van der Waals surface area contributed by atoms with E-state index >= 15 is 0 Å². The molecule has 0 aliphatic rings. The molecule has 0 radical (unpaired) electrons. The Balaban J connectivity index is 2.41. The highest BCUT2D eigenvalue weighted by atomic mass is 16.4. The summed E-state index contributed by atoms with van der Waals surface area (Å²) in [5.41, 5.74) is 0.999. The van der Waals surface area contributed by atoms with Gasteiger partial charge in [0, 0.05) is 17.4 Å². The van der Waals surface area contributed by atoms with Gasteiger partial charge in [-0.2, -0.15) is 0 Å². The normalized spacial score (nSPS) is 12.3. The first-order chi connectivity index (χ1) is 8.63. The highest BCUT2D eigenvalue weighted by molar-refractivity contribution is 5.85. The van der Waals surface area contributed by atoms with Gasteiger partial charge in [0.1, 0.15) is 11.9 Å². The molecule has 2 aromatic rings. The summed E-state index contributed by atoms with van der Waals surface area (Å²) in [6.45, 7) is 5.82. The van der Waals surface area contributed by atoms with Gasteiger partial charge in [0.05, 0.1) is 0 Å². The Morgan fingerprint density at radius 1 is 1.56 bits per heavy atom. The lowest BCUT2D eigenvalue weighted by atomic mass is 10.2. The van der Waals surface area contributed by atoms with Gasteiger partial charge in [0.15, 0.2) is 0 Å². The first-order valence-electron chi connectivity index (χ1n) is 5.81. The van der Waals surface area contributed by atoms with Crippen molar-refractivity contribution < 1.29 is 9.90 Å². The third-order valence-corrected chi connectivity index (χ3v) is 2.98. The van der Waals surface area contributed by atoms with Gasteiger partial charge in [0.25, 0.3) is 0 Å². The van der Waals surface area contributed by atoms with Crippen molar-refractivity contribution in [2.75, 3.05) is 11.4 Å². The second kappa shape index (κ2) is 4.96. The van der Waals surface area contributed by atoms with Crippen LogP contribution in [0.3, 0.4) is 0 Å². The second-order valence-electron chi connectivity index (χ2n) is 4.20. The van der Waals surface area contributed by atoms with Gasteiger partial charge >= 0.3 is 5.97 Å². The maximum Gasteiger partial charge on any atom is 0.326 e. The molecule has 94 valence electrons. The first kappa shape index (κ1) is 12.2. The number of aromatic amines is 1. The van der Waals surface area contributed by atoms with Gasteiger partial charge in [-0.05, 0) is 19.1 Å². The number of hydrogen-bond acceptors (Lipinski definition) is 2. The van der Waals surface area contributed by atoms with Crippen molar-refractivity contribution in [1.29, 1.82) is 0 Å². The molecule has 4 heteroatoms. The van der Waals surface area contributed by atoms with Crippen LogP contribution in [0.15, 0.2) is 43.0 Å². The average Bonchev–Trinajstić information content (AvgIpc) is 2.78. The molecular formula is C14H16N2O2. The number of nitrogens with zero attached hydrogens (tertiary/aromatic N) is 1. The van der Waals surface area contributed by atoms with E-state index in [4.69, 9.17) is 5.11 Å². The lowest BCUT2D eigenvalue weighted by Gasteiger charge is -2.25. The van der Waals surface area contributed by atoms with E-state index in [1.807, 2.05) is 30.3 Å². The quantitative estimate of drug-likeness (QED) is 0.795. The van der Waals surface area contributed by atoms with Crippen LogP contribution >= 0.6 is 0 Å². The summed E-state index contributed by atoms with van der Waals surface area (Å²) < 4.78 is 0. The summed E-state index contributed by atoms with van der Waals surface area (Å²) in [5.74, 6) is -0.0542. The largest absolute Gasteiger partial charge is 0.480 e. The number of para-hydroxylation sites is 1. The van der Waals surface area contributed by atoms with Crippen LogP contribution in [-0.2, 0) is 4.79 Å². The summed E-state index contributed by atoms with van der Waals surface area (Å²) in [7, 11) is 0. The molecule has 4 nitrogen and oxygen atoms in total. The minimum atomic E-state index is -0.851. The maximum absolute atomic E-state index is 11.1. The number of H-pyrrole nitrogens is 1. The Bertz CT molecular complexity index is 541. The van der Waals surface area contributed by atoms with Gasteiger partial charge < -0.3 is 15.0 Å². The van der Waals surface area contributed by atoms with Crippen LogP contribution in [0.2, 0.25) is 0 Å². The van der Waals surface area contributed by atoms with Crippen molar-refractivity contribution in [2.24, 2.45) is 0 Å². The Morgan fingerprint density at radius 2 is 2.28 bits per heavy atom. The van der Waals surface area contributed by atoms with Crippen LogP contribution in [0.25, 0.3) is 10.9 Å². The monoisotopic (exact) mass is 244 g/mol. The van der Waals surface area contributed by atoms with Crippen LogP contribution in [0.1, 0.15) is 6.92 Å². The third kappa shape index (κ3) is 2.22. The second-order valence-corrected chi connectivity index (χ2v) is 4.20. The Labute approximate surface area is 106 Å². The number of aromatic nitrogens is 1.